The molecule has 0 heterocycles. The number of nitrogens with one attached hydrogen (secondary N) is 1. The van der Waals surface area contributed by atoms with Gasteiger partial charge < -0.3 is 5.41 Å². The van der Waals surface area contributed by atoms with Crippen LogP contribution in [0.4, 0.5) is 0 Å². The molecule has 0 aromatic heterocycles. The predicted molar refractivity (Wildman–Crippen MR) is 46.5 cm³/mol. The smallest absolute Gasteiger partial charge is 0.00164 e. The van der Waals surface area contributed by atoms with Crippen molar-refractivity contribution in [3.63, 3.8) is 0 Å². The van der Waals surface area contributed by atoms with Crippen molar-refractivity contribution in [2.45, 2.75) is 20.3 Å². The lowest BCUT2D eigenvalue weighted by Crippen LogP contribution is -1.90. The van der Waals surface area contributed by atoms with Crippen molar-refractivity contribution in [3.8, 4) is 0 Å². The molecule has 0 fully saturated rings. The highest BCUT2D eigenvalue weighted by molar-refractivity contribution is 5.56. The molecule has 0 spiro atoms. The van der Waals surface area contributed by atoms with Gasteiger partial charge in [-0.2, -0.15) is 0 Å². The maximum atomic E-state index is 6.91. The second-order valence-electron chi connectivity index (χ2n) is 2.33. The molecule has 1 heteroatoms. The molecule has 0 bridgehead atoms. The van der Waals surface area contributed by atoms with Crippen LogP contribution in [-0.4, -0.2) is 6.21 Å². The van der Waals surface area contributed by atoms with E-state index >= 15 is 0 Å². The van der Waals surface area contributed by atoms with Crippen LogP contribution in [-0.2, 0) is 0 Å². The molecule has 0 aromatic carbocycles. The van der Waals surface area contributed by atoms with Gasteiger partial charge >= 0.3 is 0 Å². The molecule has 0 aliphatic carbocycles. The van der Waals surface area contributed by atoms with Crippen LogP contribution in [0.5, 0.6) is 0 Å². The minimum atomic E-state index is 0.376. The second kappa shape index (κ2) is 6.27. The fourth-order valence-corrected chi connectivity index (χ4v) is 0.551. The third-order valence-corrected chi connectivity index (χ3v) is 1.23. The summed E-state index contributed by atoms with van der Waals surface area (Å²) in [5.41, 5.74) is 0. The third-order valence-electron chi connectivity index (χ3n) is 1.23. The monoisotopic (exact) mass is 137 g/mol. The van der Waals surface area contributed by atoms with Gasteiger partial charge in [-0.25, -0.2) is 0 Å². The van der Waals surface area contributed by atoms with Crippen LogP contribution in [0.2, 0.25) is 0 Å². The first kappa shape index (κ1) is 9.15. The Bertz CT molecular complexity index is 134. The summed E-state index contributed by atoms with van der Waals surface area (Å²) >= 11 is 0. The van der Waals surface area contributed by atoms with Crippen LogP contribution >= 0.6 is 0 Å². The quantitative estimate of drug-likeness (QED) is 0.455. The van der Waals surface area contributed by atoms with Crippen LogP contribution in [0.3, 0.4) is 0 Å². The first-order valence-electron chi connectivity index (χ1n) is 3.59. The van der Waals surface area contributed by atoms with E-state index in [9.17, 15) is 0 Å². The highest BCUT2D eigenvalue weighted by atomic mass is 14.3. The average molecular weight is 137 g/mol. The van der Waals surface area contributed by atoms with Gasteiger partial charge in [0.2, 0.25) is 0 Å². The van der Waals surface area contributed by atoms with Crippen LogP contribution in [0.25, 0.3) is 0 Å². The zero-order valence-corrected chi connectivity index (χ0v) is 6.67. The molecule has 10 heavy (non-hydrogen) atoms. The lowest BCUT2D eigenvalue weighted by Gasteiger charge is -1.95. The van der Waals surface area contributed by atoms with Crippen molar-refractivity contribution in [1.29, 1.82) is 5.41 Å². The summed E-state index contributed by atoms with van der Waals surface area (Å²) < 4.78 is 0. The molecule has 1 nitrogen and oxygen atoms in total. The molecule has 0 aromatic rings. The molecule has 0 aliphatic heterocycles. The summed E-state index contributed by atoms with van der Waals surface area (Å²) in [6.07, 6.45) is 10.5. The Morgan fingerprint density at radius 2 is 2.10 bits per heavy atom. The third kappa shape index (κ3) is 5.29. The van der Waals surface area contributed by atoms with Crippen molar-refractivity contribution in [2.24, 2.45) is 5.92 Å². The van der Waals surface area contributed by atoms with Gasteiger partial charge in [0, 0.05) is 0 Å². The standard InChI is InChI=1S/C9H15N/c1-3-4-5-6-7-9(2)8-10/h3-6,8-10H,7H2,1-2H3. The van der Waals surface area contributed by atoms with E-state index in [-0.39, 0.29) is 0 Å². The molecule has 1 atom stereocenters. The summed E-state index contributed by atoms with van der Waals surface area (Å²) in [6.45, 7) is 4.03. The van der Waals surface area contributed by atoms with Gasteiger partial charge in [0.05, 0.1) is 0 Å². The minimum Gasteiger partial charge on any atom is -0.313 e. The fourth-order valence-electron chi connectivity index (χ4n) is 0.551. The topological polar surface area (TPSA) is 23.9 Å². The Morgan fingerprint density at radius 1 is 1.40 bits per heavy atom. The van der Waals surface area contributed by atoms with Crippen LogP contribution in [0.15, 0.2) is 24.3 Å². The van der Waals surface area contributed by atoms with Gasteiger partial charge in [-0.15, -0.1) is 0 Å². The maximum Gasteiger partial charge on any atom is -0.00164 e. The normalized spacial score (nSPS) is 14.6. The Labute approximate surface area is 63.0 Å². The van der Waals surface area contributed by atoms with E-state index in [1.54, 1.807) is 0 Å². The maximum absolute atomic E-state index is 6.91. The van der Waals surface area contributed by atoms with Gasteiger partial charge in [-0.1, -0.05) is 31.2 Å². The second-order valence-corrected chi connectivity index (χ2v) is 2.33. The number of hydrogen-bond donors (Lipinski definition) is 1. The fraction of sp³-hybridized carbons (Fsp3) is 0.444. The van der Waals surface area contributed by atoms with E-state index in [4.69, 9.17) is 5.41 Å². The Hall–Kier alpha value is -0.850. The van der Waals surface area contributed by atoms with Crippen molar-refractivity contribution in [3.05, 3.63) is 24.3 Å². The molecular formula is C9H15N. The molecule has 0 saturated carbocycles. The molecule has 0 aliphatic rings. The van der Waals surface area contributed by atoms with E-state index in [0.29, 0.717) is 5.92 Å². The molecule has 1 N–H and O–H groups in total. The van der Waals surface area contributed by atoms with Gasteiger partial charge in [0.15, 0.2) is 0 Å². The number of rotatable bonds is 4. The summed E-state index contributed by atoms with van der Waals surface area (Å²) in [5, 5.41) is 6.91. The van der Waals surface area contributed by atoms with Crippen molar-refractivity contribution >= 4 is 6.21 Å². The Balaban J connectivity index is 3.42. The molecular weight excluding hydrogens is 122 g/mol. The van der Waals surface area contributed by atoms with E-state index in [2.05, 4.69) is 6.08 Å². The van der Waals surface area contributed by atoms with Gasteiger partial charge in [-0.3, -0.25) is 0 Å². The molecule has 1 unspecified atom stereocenters. The number of allylic oxidation sites excluding steroid dienone is 4. The Kier molecular flexibility index (Phi) is 5.74. The van der Waals surface area contributed by atoms with E-state index in [1.165, 1.54) is 6.21 Å². The first-order valence-corrected chi connectivity index (χ1v) is 3.59. The predicted octanol–water partition coefficient (Wildman–Crippen LogP) is 2.79. The van der Waals surface area contributed by atoms with E-state index < -0.39 is 0 Å². The van der Waals surface area contributed by atoms with Crippen LogP contribution in [0.1, 0.15) is 20.3 Å². The molecule has 56 valence electrons. The number of hydrogen-bond acceptors (Lipinski definition) is 1. The molecule has 0 radical (unpaired) electrons. The van der Waals surface area contributed by atoms with E-state index in [0.717, 1.165) is 6.42 Å². The SMILES string of the molecule is CC=CC=CCC(C)C=N. The van der Waals surface area contributed by atoms with Crippen LogP contribution < -0.4 is 0 Å². The van der Waals surface area contributed by atoms with Gasteiger partial charge in [-0.05, 0) is 25.5 Å². The molecule has 0 rings (SSSR count). The van der Waals surface area contributed by atoms with Gasteiger partial charge in [0.25, 0.3) is 0 Å². The average Bonchev–Trinajstić information content (AvgIpc) is 1.98. The highest BCUT2D eigenvalue weighted by Gasteiger charge is 1.89. The zero-order valence-electron chi connectivity index (χ0n) is 6.67. The van der Waals surface area contributed by atoms with E-state index in [1.807, 2.05) is 32.1 Å². The zero-order chi connectivity index (χ0) is 7.82. The summed E-state index contributed by atoms with van der Waals surface area (Å²) in [7, 11) is 0. The minimum absolute atomic E-state index is 0.376. The molecule has 0 amide bonds. The highest BCUT2D eigenvalue weighted by Crippen LogP contribution is 1.97. The summed E-state index contributed by atoms with van der Waals surface area (Å²) in [5.74, 6) is 0.376. The van der Waals surface area contributed by atoms with Crippen molar-refractivity contribution in [1.82, 2.24) is 0 Å². The lowest BCUT2D eigenvalue weighted by atomic mass is 10.1. The van der Waals surface area contributed by atoms with Crippen molar-refractivity contribution < 1.29 is 0 Å². The lowest BCUT2D eigenvalue weighted by molar-refractivity contribution is 0.804. The largest absolute Gasteiger partial charge is 0.313 e. The summed E-state index contributed by atoms with van der Waals surface area (Å²) in [6, 6.07) is 0. The first-order chi connectivity index (χ1) is 4.81. The van der Waals surface area contributed by atoms with Gasteiger partial charge in [0.1, 0.15) is 0 Å². The van der Waals surface area contributed by atoms with Crippen LogP contribution in [0, 0.1) is 11.3 Å². The van der Waals surface area contributed by atoms with Crippen molar-refractivity contribution in [2.75, 3.05) is 0 Å². The molecule has 0 saturated heterocycles. The Morgan fingerprint density at radius 3 is 2.60 bits per heavy atom. The summed E-state index contributed by atoms with van der Waals surface area (Å²) in [4.78, 5) is 0.